The van der Waals surface area contributed by atoms with Gasteiger partial charge >= 0.3 is 19.4 Å². The number of rotatable bonds is 12. The monoisotopic (exact) mass is 617 g/mol. The van der Waals surface area contributed by atoms with Gasteiger partial charge in [-0.15, -0.1) is 0 Å². The summed E-state index contributed by atoms with van der Waals surface area (Å²) in [4.78, 5) is 49.5. The summed E-state index contributed by atoms with van der Waals surface area (Å²) in [6.45, 7) is 1.39. The van der Waals surface area contributed by atoms with Gasteiger partial charge in [0, 0.05) is 17.8 Å². The highest BCUT2D eigenvalue weighted by Crippen LogP contribution is 2.47. The average molecular weight is 618 g/mol. The van der Waals surface area contributed by atoms with Gasteiger partial charge in [-0.05, 0) is 49.8 Å². The lowest BCUT2D eigenvalue weighted by atomic mass is 9.98. The van der Waals surface area contributed by atoms with E-state index in [1.807, 2.05) is 35.3 Å². The number of nitrogens with zero attached hydrogens (tertiary/aromatic N) is 1. The maximum atomic E-state index is 15.5. The van der Waals surface area contributed by atoms with Gasteiger partial charge in [-0.2, -0.15) is 5.09 Å². The number of carboxylic acid groups (broad SMARTS) is 1. The van der Waals surface area contributed by atoms with Gasteiger partial charge in [0.2, 0.25) is 0 Å². The molecule has 0 bridgehead atoms. The smallest absolute Gasteiger partial charge is 0.459 e. The molecule has 1 aliphatic heterocycles. The minimum atomic E-state index is -4.53. The van der Waals surface area contributed by atoms with E-state index in [0.29, 0.717) is 0 Å². The van der Waals surface area contributed by atoms with Crippen molar-refractivity contribution >= 4 is 25.6 Å². The number of halogens is 1. The standard InChI is InChI=1S/C28H29FN3O10P/c1-17(25(36)37)31-43(39,42-20-11-9-19(10-12-20)21(33)13-8-18-6-4-3-5-7-18)40-16-22-24(35)28(2,29)26(41-22)32-15-14-23(34)30-27(32)38/h3-15,17,22,24,26,35H,16H2,1-2H3,(H,31,39)(H,36,37)(H,30,34,38)/t17?,22-,24-,26-,28-,43?/m1/s1. The van der Waals surface area contributed by atoms with Gasteiger partial charge < -0.3 is 19.5 Å². The number of carboxylic acids is 1. The fraction of sp³-hybridized carbons (Fsp3) is 0.286. The SMILES string of the molecule is CC(NP(=O)(OC[C@H]1O[C@@H](n2ccc(=O)[nH]c2=O)[C@](C)(F)[C@@H]1O)Oc1ccc(C(=O)C=Cc2ccccc2)cc1)C(=O)O. The Hall–Kier alpha value is -4.20. The van der Waals surface area contributed by atoms with Crippen LogP contribution in [0.4, 0.5) is 4.39 Å². The van der Waals surface area contributed by atoms with Crippen molar-refractivity contribution in [3.63, 3.8) is 0 Å². The maximum absolute atomic E-state index is 15.5. The van der Waals surface area contributed by atoms with Gasteiger partial charge in [0.1, 0.15) is 24.0 Å². The van der Waals surface area contributed by atoms with E-state index >= 15 is 4.39 Å². The number of hydrogen-bond donors (Lipinski definition) is 4. The molecule has 43 heavy (non-hydrogen) atoms. The number of H-pyrrole nitrogens is 1. The molecule has 6 atom stereocenters. The van der Waals surface area contributed by atoms with Crippen LogP contribution in [-0.4, -0.2) is 62.0 Å². The fourth-order valence-corrected chi connectivity index (χ4v) is 5.67. The van der Waals surface area contributed by atoms with Crippen molar-refractivity contribution in [1.29, 1.82) is 0 Å². The third kappa shape index (κ3) is 7.61. The van der Waals surface area contributed by atoms with Gasteiger partial charge in [-0.3, -0.25) is 28.5 Å². The molecule has 2 heterocycles. The molecule has 2 aromatic carbocycles. The Kier molecular flexibility index (Phi) is 9.58. The highest BCUT2D eigenvalue weighted by Gasteiger charge is 2.55. The van der Waals surface area contributed by atoms with Gasteiger partial charge in [-0.25, -0.2) is 13.8 Å². The zero-order valence-corrected chi connectivity index (χ0v) is 23.8. The molecule has 2 unspecified atom stereocenters. The molecule has 0 amide bonds. The molecule has 0 saturated carbocycles. The first-order valence-corrected chi connectivity index (χ1v) is 14.5. The first-order chi connectivity index (χ1) is 20.3. The quantitative estimate of drug-likeness (QED) is 0.133. The summed E-state index contributed by atoms with van der Waals surface area (Å²) in [6, 6.07) is 14.2. The number of ether oxygens (including phenoxy) is 1. The van der Waals surface area contributed by atoms with Gasteiger partial charge in [0.25, 0.3) is 5.56 Å². The summed E-state index contributed by atoms with van der Waals surface area (Å²) in [5.74, 6) is -1.76. The summed E-state index contributed by atoms with van der Waals surface area (Å²) in [7, 11) is -4.53. The Morgan fingerprint density at radius 1 is 1.19 bits per heavy atom. The zero-order valence-electron chi connectivity index (χ0n) is 23.0. The van der Waals surface area contributed by atoms with Crippen LogP contribution >= 0.6 is 7.75 Å². The minimum absolute atomic E-state index is 0.0575. The van der Waals surface area contributed by atoms with Crippen LogP contribution in [0, 0.1) is 0 Å². The van der Waals surface area contributed by atoms with E-state index in [0.717, 1.165) is 29.3 Å². The molecule has 4 rings (SSSR count). The molecule has 0 radical (unpaired) electrons. The first-order valence-electron chi connectivity index (χ1n) is 13.0. The van der Waals surface area contributed by atoms with Crippen LogP contribution in [-0.2, 0) is 18.6 Å². The van der Waals surface area contributed by atoms with E-state index in [2.05, 4.69) is 5.09 Å². The van der Waals surface area contributed by atoms with Crippen molar-refractivity contribution in [2.45, 2.75) is 44.0 Å². The van der Waals surface area contributed by atoms with E-state index in [4.69, 9.17) is 13.8 Å². The summed E-state index contributed by atoms with van der Waals surface area (Å²) < 4.78 is 46.3. The van der Waals surface area contributed by atoms with Gasteiger partial charge in [0.15, 0.2) is 17.7 Å². The molecule has 0 aliphatic carbocycles. The van der Waals surface area contributed by atoms with Crippen molar-refractivity contribution in [3.05, 3.63) is 105 Å². The number of benzene rings is 2. The molecule has 15 heteroatoms. The molecule has 1 aliphatic rings. The summed E-state index contributed by atoms with van der Waals surface area (Å²) >= 11 is 0. The number of carbonyl (C=O) groups is 2. The zero-order chi connectivity index (χ0) is 31.4. The lowest BCUT2D eigenvalue weighted by Gasteiger charge is -2.25. The molecule has 1 aromatic heterocycles. The van der Waals surface area contributed by atoms with Crippen molar-refractivity contribution < 1.29 is 42.5 Å². The normalized spacial score (nSPS) is 24.0. The molecular formula is C28H29FN3O10P. The molecule has 3 aromatic rings. The molecule has 13 nitrogen and oxygen atoms in total. The summed E-state index contributed by atoms with van der Waals surface area (Å²) in [5, 5.41) is 22.2. The van der Waals surface area contributed by atoms with Crippen LogP contribution < -0.4 is 20.9 Å². The van der Waals surface area contributed by atoms with E-state index < -0.39 is 61.7 Å². The number of allylic oxidation sites excluding steroid dienone is 1. The number of aromatic nitrogens is 2. The van der Waals surface area contributed by atoms with Crippen LogP contribution in [0.1, 0.15) is 36.0 Å². The van der Waals surface area contributed by atoms with Crippen LogP contribution in [0.25, 0.3) is 6.08 Å². The number of ketones is 1. The number of aliphatic hydroxyl groups is 1. The third-order valence-electron chi connectivity index (χ3n) is 6.54. The Morgan fingerprint density at radius 3 is 2.49 bits per heavy atom. The van der Waals surface area contributed by atoms with Gasteiger partial charge in [0.05, 0.1) is 6.61 Å². The number of aliphatic carboxylic acids is 1. The topological polar surface area (TPSA) is 186 Å². The fourth-order valence-electron chi connectivity index (χ4n) is 4.17. The molecule has 228 valence electrons. The lowest BCUT2D eigenvalue weighted by molar-refractivity contribution is -0.138. The number of alkyl halides is 1. The minimum Gasteiger partial charge on any atom is -0.480 e. The molecule has 1 fully saturated rings. The predicted molar refractivity (Wildman–Crippen MR) is 151 cm³/mol. The van der Waals surface area contributed by atoms with Crippen molar-refractivity contribution in [3.8, 4) is 5.75 Å². The van der Waals surface area contributed by atoms with E-state index in [9.17, 15) is 34.0 Å². The number of aliphatic hydroxyl groups excluding tert-OH is 1. The first kappa shape index (κ1) is 31.7. The van der Waals surface area contributed by atoms with Crippen LogP contribution in [0.5, 0.6) is 5.75 Å². The number of aromatic amines is 1. The molecule has 4 N–H and O–H groups in total. The van der Waals surface area contributed by atoms with Crippen LogP contribution in [0.3, 0.4) is 0 Å². The molecule has 0 spiro atoms. The van der Waals surface area contributed by atoms with Crippen LogP contribution in [0.2, 0.25) is 0 Å². The highest BCUT2D eigenvalue weighted by molar-refractivity contribution is 7.52. The third-order valence-corrected chi connectivity index (χ3v) is 8.19. The van der Waals surface area contributed by atoms with E-state index in [1.165, 1.54) is 37.3 Å². The second-order valence-electron chi connectivity index (χ2n) is 9.85. The predicted octanol–water partition coefficient (Wildman–Crippen LogP) is 2.69. The summed E-state index contributed by atoms with van der Waals surface area (Å²) in [5.41, 5.74) is -3.15. The Bertz CT molecular complexity index is 1660. The second kappa shape index (κ2) is 13.0. The molecular weight excluding hydrogens is 588 g/mol. The maximum Gasteiger partial charge on any atom is 0.459 e. The number of hydrogen-bond acceptors (Lipinski definition) is 9. The van der Waals surface area contributed by atoms with E-state index in [1.54, 1.807) is 6.08 Å². The summed E-state index contributed by atoms with van der Waals surface area (Å²) in [6.07, 6.45) is -1.05. The Balaban J connectivity index is 1.49. The number of carbonyl (C=O) groups excluding carboxylic acids is 1. The van der Waals surface area contributed by atoms with Crippen LogP contribution in [0.15, 0.2) is 82.5 Å². The molecule has 1 saturated heterocycles. The van der Waals surface area contributed by atoms with Crippen molar-refractivity contribution in [1.82, 2.24) is 14.6 Å². The lowest BCUT2D eigenvalue weighted by Crippen LogP contribution is -2.43. The van der Waals surface area contributed by atoms with Crippen molar-refractivity contribution in [2.75, 3.05) is 6.61 Å². The van der Waals surface area contributed by atoms with Crippen molar-refractivity contribution in [2.24, 2.45) is 0 Å². The van der Waals surface area contributed by atoms with Gasteiger partial charge in [-0.1, -0.05) is 36.4 Å². The van der Waals surface area contributed by atoms with E-state index in [-0.39, 0.29) is 17.1 Å². The second-order valence-corrected chi connectivity index (χ2v) is 11.5. The number of nitrogens with one attached hydrogen (secondary N) is 2. The Morgan fingerprint density at radius 2 is 1.86 bits per heavy atom. The average Bonchev–Trinajstić information content (AvgIpc) is 3.19. The highest BCUT2D eigenvalue weighted by atomic mass is 31.2. The largest absolute Gasteiger partial charge is 0.480 e. The Labute approximate surface area is 244 Å².